The summed E-state index contributed by atoms with van der Waals surface area (Å²) in [5.41, 5.74) is 7.68. The Labute approximate surface area is 123 Å². The van der Waals surface area contributed by atoms with Crippen LogP contribution in [0.15, 0.2) is 18.2 Å². The lowest BCUT2D eigenvalue weighted by Gasteiger charge is -2.19. The van der Waals surface area contributed by atoms with E-state index in [2.05, 4.69) is 50.5 Å². The predicted molar refractivity (Wildman–Crippen MR) is 87.7 cm³/mol. The number of hydrogen-bond acceptors (Lipinski definition) is 4. The summed E-state index contributed by atoms with van der Waals surface area (Å²) in [6.07, 6.45) is 2.00. The van der Waals surface area contributed by atoms with E-state index in [1.54, 1.807) is 0 Å². The monoisotopic (exact) mass is 279 g/mol. The maximum Gasteiger partial charge on any atom is 0.121 e. The number of rotatable bonds is 9. The fraction of sp³-hybridized carbons (Fsp3) is 0.625. The molecule has 0 atom stereocenters. The van der Waals surface area contributed by atoms with Crippen molar-refractivity contribution in [2.24, 2.45) is 5.73 Å². The molecule has 0 aliphatic carbocycles. The molecule has 0 unspecified atom stereocenters. The van der Waals surface area contributed by atoms with Crippen molar-refractivity contribution in [2.75, 3.05) is 23.8 Å². The summed E-state index contributed by atoms with van der Waals surface area (Å²) in [5, 5.41) is 6.91. The minimum Gasteiger partial charge on any atom is -0.494 e. The van der Waals surface area contributed by atoms with Crippen LogP contribution in [0.3, 0.4) is 0 Å². The molecule has 1 rings (SSSR count). The van der Waals surface area contributed by atoms with E-state index in [0.717, 1.165) is 43.1 Å². The molecule has 4 N–H and O–H groups in total. The number of benzene rings is 1. The molecule has 4 nitrogen and oxygen atoms in total. The van der Waals surface area contributed by atoms with Crippen molar-refractivity contribution in [2.45, 2.75) is 52.6 Å². The fourth-order valence-corrected chi connectivity index (χ4v) is 1.92. The van der Waals surface area contributed by atoms with Gasteiger partial charge >= 0.3 is 0 Å². The number of anilines is 2. The molecule has 20 heavy (non-hydrogen) atoms. The zero-order valence-electron chi connectivity index (χ0n) is 13.2. The highest BCUT2D eigenvalue weighted by Crippen LogP contribution is 2.28. The van der Waals surface area contributed by atoms with Gasteiger partial charge in [-0.2, -0.15) is 0 Å². The molecule has 0 aliphatic heterocycles. The number of nitrogens with two attached hydrogens (primary N) is 1. The first-order chi connectivity index (χ1) is 9.52. The summed E-state index contributed by atoms with van der Waals surface area (Å²) in [5.74, 6) is 0.902. The van der Waals surface area contributed by atoms with Gasteiger partial charge in [-0.25, -0.2) is 0 Å². The highest BCUT2D eigenvalue weighted by Gasteiger charge is 2.07. The molecule has 1 aromatic rings. The van der Waals surface area contributed by atoms with Crippen LogP contribution in [0.4, 0.5) is 11.4 Å². The molecule has 0 bridgehead atoms. The summed E-state index contributed by atoms with van der Waals surface area (Å²) >= 11 is 0. The SMILES string of the molecule is CC(C)Nc1ccc(OCCCCN)cc1NC(C)C. The van der Waals surface area contributed by atoms with Crippen LogP contribution in [0, 0.1) is 0 Å². The van der Waals surface area contributed by atoms with Gasteiger partial charge < -0.3 is 21.1 Å². The van der Waals surface area contributed by atoms with E-state index < -0.39 is 0 Å². The van der Waals surface area contributed by atoms with E-state index >= 15 is 0 Å². The summed E-state index contributed by atoms with van der Waals surface area (Å²) in [6, 6.07) is 6.93. The van der Waals surface area contributed by atoms with Crippen LogP contribution in [0.5, 0.6) is 5.75 Å². The lowest BCUT2D eigenvalue weighted by atomic mass is 10.2. The summed E-state index contributed by atoms with van der Waals surface area (Å²) in [7, 11) is 0. The highest BCUT2D eigenvalue weighted by atomic mass is 16.5. The van der Waals surface area contributed by atoms with Crippen molar-refractivity contribution in [1.82, 2.24) is 0 Å². The van der Waals surface area contributed by atoms with Gasteiger partial charge in [-0.3, -0.25) is 0 Å². The van der Waals surface area contributed by atoms with E-state index in [4.69, 9.17) is 10.5 Å². The molecule has 1 aromatic carbocycles. The number of nitrogens with one attached hydrogen (secondary N) is 2. The summed E-state index contributed by atoms with van der Waals surface area (Å²) in [4.78, 5) is 0. The second kappa shape index (κ2) is 8.69. The normalized spacial score (nSPS) is 10.9. The first-order valence-electron chi connectivity index (χ1n) is 7.53. The predicted octanol–water partition coefficient (Wildman–Crippen LogP) is 3.44. The summed E-state index contributed by atoms with van der Waals surface area (Å²) < 4.78 is 5.77. The molecular weight excluding hydrogens is 250 g/mol. The molecule has 114 valence electrons. The quantitative estimate of drug-likeness (QED) is 0.606. The van der Waals surface area contributed by atoms with E-state index in [1.165, 1.54) is 0 Å². The van der Waals surface area contributed by atoms with Crippen LogP contribution in [-0.4, -0.2) is 25.2 Å². The van der Waals surface area contributed by atoms with Gasteiger partial charge in [0.15, 0.2) is 0 Å². The molecule has 0 radical (unpaired) electrons. The Hall–Kier alpha value is -1.42. The standard InChI is InChI=1S/C16H29N3O/c1-12(2)18-15-8-7-14(20-10-6-5-9-17)11-16(15)19-13(3)4/h7-8,11-13,18-19H,5-6,9-10,17H2,1-4H3. The van der Waals surface area contributed by atoms with Gasteiger partial charge in [0.1, 0.15) is 5.75 Å². The van der Waals surface area contributed by atoms with Crippen LogP contribution in [0.2, 0.25) is 0 Å². The van der Waals surface area contributed by atoms with Crippen LogP contribution in [0.1, 0.15) is 40.5 Å². The van der Waals surface area contributed by atoms with Crippen molar-refractivity contribution < 1.29 is 4.74 Å². The van der Waals surface area contributed by atoms with E-state index in [0.29, 0.717) is 12.1 Å². The Balaban J connectivity index is 2.73. The van der Waals surface area contributed by atoms with Crippen molar-refractivity contribution >= 4 is 11.4 Å². The van der Waals surface area contributed by atoms with Gasteiger partial charge in [0, 0.05) is 18.2 Å². The number of ether oxygens (including phenoxy) is 1. The molecule has 4 heteroatoms. The molecule has 0 amide bonds. The van der Waals surface area contributed by atoms with E-state index in [-0.39, 0.29) is 0 Å². The van der Waals surface area contributed by atoms with Crippen molar-refractivity contribution in [3.63, 3.8) is 0 Å². The minimum atomic E-state index is 0.384. The zero-order valence-corrected chi connectivity index (χ0v) is 13.2. The Morgan fingerprint density at radius 2 is 1.65 bits per heavy atom. The molecular formula is C16H29N3O. The average Bonchev–Trinajstić information content (AvgIpc) is 2.36. The number of unbranched alkanes of at least 4 members (excludes halogenated alkanes) is 1. The van der Waals surface area contributed by atoms with Crippen LogP contribution in [0.25, 0.3) is 0 Å². The maximum absolute atomic E-state index is 5.77. The van der Waals surface area contributed by atoms with Crippen molar-refractivity contribution in [3.05, 3.63) is 18.2 Å². The second-order valence-corrected chi connectivity index (χ2v) is 5.65. The molecule has 0 heterocycles. The Morgan fingerprint density at radius 3 is 2.25 bits per heavy atom. The molecule has 0 spiro atoms. The largest absolute Gasteiger partial charge is 0.494 e. The third-order valence-corrected chi connectivity index (χ3v) is 2.75. The van der Waals surface area contributed by atoms with Gasteiger partial charge in [0.05, 0.1) is 18.0 Å². The Kier molecular flexibility index (Phi) is 7.23. The zero-order chi connectivity index (χ0) is 15.0. The average molecular weight is 279 g/mol. The van der Waals surface area contributed by atoms with Gasteiger partial charge in [-0.1, -0.05) is 0 Å². The minimum absolute atomic E-state index is 0.384. The molecule has 0 aliphatic rings. The smallest absolute Gasteiger partial charge is 0.121 e. The van der Waals surface area contributed by atoms with Gasteiger partial charge in [-0.15, -0.1) is 0 Å². The molecule has 0 saturated carbocycles. The van der Waals surface area contributed by atoms with E-state index in [1.807, 2.05) is 6.07 Å². The van der Waals surface area contributed by atoms with Crippen LogP contribution >= 0.6 is 0 Å². The van der Waals surface area contributed by atoms with Gasteiger partial charge in [-0.05, 0) is 59.2 Å². The molecule has 0 saturated heterocycles. The fourth-order valence-electron chi connectivity index (χ4n) is 1.92. The molecule has 0 fully saturated rings. The first-order valence-corrected chi connectivity index (χ1v) is 7.53. The van der Waals surface area contributed by atoms with Crippen molar-refractivity contribution in [3.8, 4) is 5.75 Å². The maximum atomic E-state index is 5.77. The van der Waals surface area contributed by atoms with Crippen LogP contribution in [-0.2, 0) is 0 Å². The third-order valence-electron chi connectivity index (χ3n) is 2.75. The van der Waals surface area contributed by atoms with Crippen molar-refractivity contribution in [1.29, 1.82) is 0 Å². The van der Waals surface area contributed by atoms with Gasteiger partial charge in [0.25, 0.3) is 0 Å². The van der Waals surface area contributed by atoms with Crippen LogP contribution < -0.4 is 21.1 Å². The Bertz CT molecular complexity index is 391. The second-order valence-electron chi connectivity index (χ2n) is 5.65. The highest BCUT2D eigenvalue weighted by molar-refractivity contribution is 5.71. The topological polar surface area (TPSA) is 59.3 Å². The number of hydrogen-bond donors (Lipinski definition) is 3. The molecule has 0 aromatic heterocycles. The summed E-state index contributed by atoms with van der Waals surface area (Å²) in [6.45, 7) is 9.98. The third kappa shape index (κ3) is 6.15. The Morgan fingerprint density at radius 1 is 1.00 bits per heavy atom. The lowest BCUT2D eigenvalue weighted by Crippen LogP contribution is -2.15. The van der Waals surface area contributed by atoms with E-state index in [9.17, 15) is 0 Å². The first kappa shape index (κ1) is 16.6. The lowest BCUT2D eigenvalue weighted by molar-refractivity contribution is 0.308. The van der Waals surface area contributed by atoms with Gasteiger partial charge in [0.2, 0.25) is 0 Å².